The average molecular weight is 220 g/mol. The van der Waals surface area contributed by atoms with Gasteiger partial charge in [0.15, 0.2) is 0 Å². The summed E-state index contributed by atoms with van der Waals surface area (Å²) in [6.45, 7) is 1.22. The molecule has 0 atom stereocenters. The number of aliphatic imine (C=N–C) groups is 1. The number of aliphatic carboxylic acids is 1. The molecule has 16 heavy (non-hydrogen) atoms. The van der Waals surface area contributed by atoms with E-state index in [-0.39, 0.29) is 6.42 Å². The van der Waals surface area contributed by atoms with E-state index in [1.165, 1.54) is 0 Å². The Kier molecular flexibility index (Phi) is 3.05. The SMILES string of the molecule is O=C(O)Cc1ccccc1NC1=NCCO1. The normalized spacial score (nSPS) is 14.1. The van der Waals surface area contributed by atoms with Gasteiger partial charge in [0.1, 0.15) is 6.61 Å². The minimum absolute atomic E-state index is 0.0174. The third kappa shape index (κ3) is 2.50. The molecule has 2 N–H and O–H groups in total. The number of carboxylic acid groups (broad SMARTS) is 1. The number of anilines is 1. The van der Waals surface area contributed by atoms with Gasteiger partial charge in [-0.2, -0.15) is 0 Å². The highest BCUT2D eigenvalue weighted by Gasteiger charge is 2.11. The molecule has 2 rings (SSSR count). The number of rotatable bonds is 3. The summed E-state index contributed by atoms with van der Waals surface area (Å²) in [6.07, 6.45) is -0.0174. The fraction of sp³-hybridized carbons (Fsp3) is 0.273. The highest BCUT2D eigenvalue weighted by molar-refractivity contribution is 5.91. The minimum atomic E-state index is -0.858. The number of para-hydroxylation sites is 1. The first kappa shape index (κ1) is 10.5. The number of nitrogens with one attached hydrogen (secondary N) is 1. The number of benzene rings is 1. The average Bonchev–Trinajstić information content (AvgIpc) is 2.73. The zero-order valence-electron chi connectivity index (χ0n) is 8.64. The molecule has 0 spiro atoms. The molecule has 0 saturated heterocycles. The second-order valence-electron chi connectivity index (χ2n) is 3.39. The second kappa shape index (κ2) is 4.65. The van der Waals surface area contributed by atoms with Crippen molar-refractivity contribution >= 4 is 17.7 Å². The van der Waals surface area contributed by atoms with Crippen molar-refractivity contribution < 1.29 is 14.6 Å². The first-order valence-corrected chi connectivity index (χ1v) is 4.99. The van der Waals surface area contributed by atoms with Crippen LogP contribution in [-0.2, 0) is 16.0 Å². The minimum Gasteiger partial charge on any atom is -0.481 e. The Bertz CT molecular complexity index is 429. The summed E-state index contributed by atoms with van der Waals surface area (Å²) >= 11 is 0. The van der Waals surface area contributed by atoms with E-state index < -0.39 is 5.97 Å². The van der Waals surface area contributed by atoms with E-state index in [4.69, 9.17) is 9.84 Å². The van der Waals surface area contributed by atoms with Crippen molar-refractivity contribution in [1.29, 1.82) is 0 Å². The third-order valence-corrected chi connectivity index (χ3v) is 2.19. The smallest absolute Gasteiger partial charge is 0.307 e. The van der Waals surface area contributed by atoms with Gasteiger partial charge in [-0.25, -0.2) is 4.99 Å². The Hall–Kier alpha value is -2.04. The van der Waals surface area contributed by atoms with Crippen LogP contribution < -0.4 is 5.32 Å². The van der Waals surface area contributed by atoms with Crippen molar-refractivity contribution in [2.75, 3.05) is 18.5 Å². The van der Waals surface area contributed by atoms with Gasteiger partial charge in [0, 0.05) is 5.69 Å². The zero-order chi connectivity index (χ0) is 11.4. The molecule has 5 heteroatoms. The molecule has 1 aliphatic heterocycles. The van der Waals surface area contributed by atoms with E-state index in [9.17, 15) is 4.79 Å². The lowest BCUT2D eigenvalue weighted by Gasteiger charge is -2.09. The summed E-state index contributed by atoms with van der Waals surface area (Å²) in [5.41, 5.74) is 1.44. The monoisotopic (exact) mass is 220 g/mol. The summed E-state index contributed by atoms with van der Waals surface area (Å²) in [7, 11) is 0. The first-order chi connectivity index (χ1) is 7.75. The molecule has 1 aliphatic rings. The standard InChI is InChI=1S/C11H12N2O3/c14-10(15)7-8-3-1-2-4-9(8)13-11-12-5-6-16-11/h1-4H,5-7H2,(H,12,13)(H,14,15). The number of hydrogen-bond acceptors (Lipinski definition) is 4. The Morgan fingerprint density at radius 3 is 3.00 bits per heavy atom. The second-order valence-corrected chi connectivity index (χ2v) is 3.39. The number of carboxylic acids is 1. The molecule has 0 aromatic heterocycles. The molecular weight excluding hydrogens is 208 g/mol. The van der Waals surface area contributed by atoms with Gasteiger partial charge in [-0.3, -0.25) is 4.79 Å². The molecule has 0 bridgehead atoms. The lowest BCUT2D eigenvalue weighted by Crippen LogP contribution is -2.14. The summed E-state index contributed by atoms with van der Waals surface area (Å²) in [6, 6.07) is 7.68. The van der Waals surface area contributed by atoms with Crippen LogP contribution in [0, 0.1) is 0 Å². The molecule has 5 nitrogen and oxygen atoms in total. The van der Waals surface area contributed by atoms with Gasteiger partial charge in [0.2, 0.25) is 0 Å². The molecule has 1 heterocycles. The number of hydrogen-bond donors (Lipinski definition) is 2. The molecular formula is C11H12N2O3. The Morgan fingerprint density at radius 1 is 1.50 bits per heavy atom. The van der Waals surface area contributed by atoms with Crippen molar-refractivity contribution in [3.05, 3.63) is 29.8 Å². The van der Waals surface area contributed by atoms with Crippen LogP contribution in [0.25, 0.3) is 0 Å². The van der Waals surface area contributed by atoms with Gasteiger partial charge in [-0.1, -0.05) is 18.2 Å². The number of ether oxygens (including phenoxy) is 1. The lowest BCUT2D eigenvalue weighted by molar-refractivity contribution is -0.136. The summed E-state index contributed by atoms with van der Waals surface area (Å²) < 4.78 is 5.21. The van der Waals surface area contributed by atoms with Crippen LogP contribution in [0.3, 0.4) is 0 Å². The van der Waals surface area contributed by atoms with E-state index in [1.807, 2.05) is 12.1 Å². The van der Waals surface area contributed by atoms with Crippen LogP contribution in [-0.4, -0.2) is 30.2 Å². The number of carbonyl (C=O) groups is 1. The fourth-order valence-electron chi connectivity index (χ4n) is 1.49. The Balaban J connectivity index is 2.15. The molecule has 1 aromatic rings. The van der Waals surface area contributed by atoms with Crippen molar-refractivity contribution in [2.24, 2.45) is 4.99 Å². The van der Waals surface area contributed by atoms with Crippen molar-refractivity contribution in [3.8, 4) is 0 Å². The molecule has 1 aromatic carbocycles. The quantitative estimate of drug-likeness (QED) is 0.800. The molecule has 0 fully saturated rings. The van der Waals surface area contributed by atoms with Crippen molar-refractivity contribution in [2.45, 2.75) is 6.42 Å². The van der Waals surface area contributed by atoms with Crippen LogP contribution >= 0.6 is 0 Å². The Morgan fingerprint density at radius 2 is 2.31 bits per heavy atom. The summed E-state index contributed by atoms with van der Waals surface area (Å²) in [5.74, 6) is -0.858. The number of nitrogens with zero attached hydrogens (tertiary/aromatic N) is 1. The maximum atomic E-state index is 10.7. The third-order valence-electron chi connectivity index (χ3n) is 2.19. The maximum Gasteiger partial charge on any atom is 0.307 e. The van der Waals surface area contributed by atoms with E-state index in [2.05, 4.69) is 10.3 Å². The van der Waals surface area contributed by atoms with E-state index in [1.54, 1.807) is 12.1 Å². The molecule has 0 aliphatic carbocycles. The molecule has 0 amide bonds. The fourth-order valence-corrected chi connectivity index (χ4v) is 1.49. The van der Waals surface area contributed by atoms with Crippen LogP contribution in [0.1, 0.15) is 5.56 Å². The molecule has 0 radical (unpaired) electrons. The number of amidine groups is 1. The first-order valence-electron chi connectivity index (χ1n) is 4.99. The van der Waals surface area contributed by atoms with Gasteiger partial charge in [-0.15, -0.1) is 0 Å². The van der Waals surface area contributed by atoms with E-state index in [0.29, 0.717) is 24.7 Å². The van der Waals surface area contributed by atoms with Crippen LogP contribution in [0.2, 0.25) is 0 Å². The van der Waals surface area contributed by atoms with Gasteiger partial charge >= 0.3 is 5.97 Å². The highest BCUT2D eigenvalue weighted by Crippen LogP contribution is 2.16. The van der Waals surface area contributed by atoms with Gasteiger partial charge in [0.25, 0.3) is 6.02 Å². The lowest BCUT2D eigenvalue weighted by atomic mass is 10.1. The Labute approximate surface area is 92.8 Å². The van der Waals surface area contributed by atoms with Gasteiger partial charge < -0.3 is 15.2 Å². The van der Waals surface area contributed by atoms with Gasteiger partial charge in [-0.05, 0) is 11.6 Å². The zero-order valence-corrected chi connectivity index (χ0v) is 8.64. The topological polar surface area (TPSA) is 70.9 Å². The van der Waals surface area contributed by atoms with Crippen molar-refractivity contribution in [3.63, 3.8) is 0 Å². The summed E-state index contributed by atoms with van der Waals surface area (Å²) in [4.78, 5) is 14.8. The highest BCUT2D eigenvalue weighted by atomic mass is 16.5. The molecule has 0 saturated carbocycles. The molecule has 84 valence electrons. The molecule has 0 unspecified atom stereocenters. The summed E-state index contributed by atoms with van der Waals surface area (Å²) in [5, 5.41) is 11.7. The van der Waals surface area contributed by atoms with Crippen LogP contribution in [0.4, 0.5) is 5.69 Å². The van der Waals surface area contributed by atoms with E-state index >= 15 is 0 Å². The predicted octanol–water partition coefficient (Wildman–Crippen LogP) is 1.11. The van der Waals surface area contributed by atoms with Gasteiger partial charge in [0.05, 0.1) is 13.0 Å². The van der Waals surface area contributed by atoms with Crippen molar-refractivity contribution in [1.82, 2.24) is 0 Å². The largest absolute Gasteiger partial charge is 0.481 e. The van der Waals surface area contributed by atoms with Crippen LogP contribution in [0.15, 0.2) is 29.3 Å². The maximum absolute atomic E-state index is 10.7. The predicted molar refractivity (Wildman–Crippen MR) is 59.7 cm³/mol. The van der Waals surface area contributed by atoms with E-state index in [0.717, 1.165) is 5.69 Å². The van der Waals surface area contributed by atoms with Crippen LogP contribution in [0.5, 0.6) is 0 Å².